The molecule has 190 valence electrons. The Hall–Kier alpha value is -4.66. The highest BCUT2D eigenvalue weighted by molar-refractivity contribution is 6.05. The Balaban J connectivity index is 1.24. The van der Waals surface area contributed by atoms with Crippen molar-refractivity contribution >= 4 is 16.8 Å². The van der Waals surface area contributed by atoms with Crippen LogP contribution in [0.5, 0.6) is 5.75 Å². The highest BCUT2D eigenvalue weighted by atomic mass is 19.1. The molecule has 0 bridgehead atoms. The Morgan fingerprint density at radius 3 is 2.79 bits per heavy atom. The summed E-state index contributed by atoms with van der Waals surface area (Å²) in [7, 11) is 0. The van der Waals surface area contributed by atoms with Crippen molar-refractivity contribution in [3.8, 4) is 23.0 Å². The summed E-state index contributed by atoms with van der Waals surface area (Å²) >= 11 is 0. The first-order valence-corrected chi connectivity index (χ1v) is 12.0. The minimum absolute atomic E-state index is 0.0963. The summed E-state index contributed by atoms with van der Waals surface area (Å²) in [6.45, 7) is -5.92. The molecule has 1 fully saturated rings. The van der Waals surface area contributed by atoms with Gasteiger partial charge in [-0.25, -0.2) is 9.37 Å². The maximum Gasteiger partial charge on any atom is 0.253 e. The second kappa shape index (κ2) is 10.0. The first-order chi connectivity index (χ1) is 20.5. The third-order valence-electron chi connectivity index (χ3n) is 6.63. The van der Waals surface area contributed by atoms with E-state index in [1.807, 2.05) is 24.3 Å². The lowest BCUT2D eigenvalue weighted by Gasteiger charge is -2.35. The van der Waals surface area contributed by atoms with E-state index in [-0.39, 0.29) is 40.8 Å². The number of amides is 1. The molecule has 1 saturated carbocycles. The summed E-state index contributed by atoms with van der Waals surface area (Å²) in [6.07, 6.45) is 3.94. The molecular formula is C29H25FN6O2. The van der Waals surface area contributed by atoms with E-state index < -0.39 is 19.2 Å². The average molecular weight is 514 g/mol. The van der Waals surface area contributed by atoms with Gasteiger partial charge in [-0.1, -0.05) is 30.3 Å². The number of benzene rings is 2. The molecule has 2 aromatic carbocycles. The normalized spacial score (nSPS) is 19.3. The molecule has 9 heteroatoms. The number of pyridine rings is 2. The van der Waals surface area contributed by atoms with Gasteiger partial charge < -0.3 is 10.1 Å². The Morgan fingerprint density at radius 1 is 1.11 bits per heavy atom. The van der Waals surface area contributed by atoms with Crippen LogP contribution < -0.4 is 10.1 Å². The molecule has 38 heavy (non-hydrogen) atoms. The first kappa shape index (κ1) is 18.6. The van der Waals surface area contributed by atoms with E-state index in [4.69, 9.17) is 11.6 Å². The van der Waals surface area contributed by atoms with Crippen molar-refractivity contribution in [2.75, 3.05) is 6.56 Å². The number of hydrogen-bond donors (Lipinski definition) is 1. The maximum atomic E-state index is 15.1. The van der Waals surface area contributed by atoms with Crippen LogP contribution in [0.25, 0.3) is 28.1 Å². The summed E-state index contributed by atoms with van der Waals surface area (Å²) in [5, 5.41) is 12.6. The van der Waals surface area contributed by atoms with Crippen molar-refractivity contribution in [1.82, 2.24) is 30.0 Å². The second-order valence-corrected chi connectivity index (χ2v) is 8.97. The lowest BCUT2D eigenvalue weighted by atomic mass is 9.79. The standard InChI is InChI=1S/C29H25FN6O2/c1-2-38-21-12-13-24(32-17-21)28-35-34-27(36(28)25-11-4-3-10-23(25)30)19-15-20(16-19)33-29(37)22-9-5-7-18-8-6-14-31-26(18)22/h3-14,17,19-20H,2,15-16H2,1H3,(H,33,37)/i1D3,2D2. The van der Waals surface area contributed by atoms with Crippen LogP contribution in [0.3, 0.4) is 0 Å². The molecule has 0 atom stereocenters. The van der Waals surface area contributed by atoms with Gasteiger partial charge in [0.25, 0.3) is 5.91 Å². The van der Waals surface area contributed by atoms with Crippen molar-refractivity contribution in [2.24, 2.45) is 0 Å². The number of halogens is 1. The van der Waals surface area contributed by atoms with E-state index in [2.05, 4.69) is 25.5 Å². The fourth-order valence-corrected chi connectivity index (χ4v) is 4.73. The number of hydrogen-bond acceptors (Lipinski definition) is 6. The van der Waals surface area contributed by atoms with Gasteiger partial charge in [-0.3, -0.25) is 14.3 Å². The number of rotatable bonds is 7. The molecule has 0 unspecified atom stereocenters. The van der Waals surface area contributed by atoms with Gasteiger partial charge in [0.1, 0.15) is 23.1 Å². The van der Waals surface area contributed by atoms with Gasteiger partial charge in [-0.05, 0) is 56.1 Å². The molecule has 1 amide bonds. The van der Waals surface area contributed by atoms with Crippen molar-refractivity contribution in [3.63, 3.8) is 0 Å². The van der Waals surface area contributed by atoms with E-state index in [0.29, 0.717) is 29.7 Å². The fraction of sp³-hybridized carbons (Fsp3) is 0.207. The molecule has 3 heterocycles. The number of aromatic nitrogens is 5. The zero-order valence-electron chi connectivity index (χ0n) is 25.0. The molecular weight excluding hydrogens is 483 g/mol. The van der Waals surface area contributed by atoms with Crippen LogP contribution in [0.15, 0.2) is 79.1 Å². The summed E-state index contributed by atoms with van der Waals surface area (Å²) in [5.74, 6) is -0.216. The quantitative estimate of drug-likeness (QED) is 0.326. The first-order valence-electron chi connectivity index (χ1n) is 14.5. The van der Waals surface area contributed by atoms with Crippen LogP contribution in [0, 0.1) is 5.82 Å². The Morgan fingerprint density at radius 2 is 1.97 bits per heavy atom. The number of nitrogens with zero attached hydrogens (tertiary/aromatic N) is 5. The lowest BCUT2D eigenvalue weighted by Crippen LogP contribution is -2.44. The largest absolute Gasteiger partial charge is 0.492 e. The van der Waals surface area contributed by atoms with E-state index in [9.17, 15) is 4.79 Å². The molecule has 1 aliphatic carbocycles. The summed E-state index contributed by atoms with van der Waals surface area (Å²) in [4.78, 5) is 21.7. The molecule has 0 spiro atoms. The smallest absolute Gasteiger partial charge is 0.253 e. The van der Waals surface area contributed by atoms with Crippen LogP contribution in [0.2, 0.25) is 0 Å². The average Bonchev–Trinajstić information content (AvgIpc) is 3.38. The SMILES string of the molecule is [2H]C([2H])([2H])C([2H])([2H])Oc1ccc(-c2nnc(C3CC(NC(=O)c4cccc5cccnc45)C3)n2-c2ccccc2F)nc1. The van der Waals surface area contributed by atoms with Gasteiger partial charge in [0.05, 0.1) is 32.3 Å². The lowest BCUT2D eigenvalue weighted by molar-refractivity contribution is 0.0908. The van der Waals surface area contributed by atoms with Crippen LogP contribution in [-0.2, 0) is 0 Å². The van der Waals surface area contributed by atoms with Crippen LogP contribution in [0.4, 0.5) is 4.39 Å². The van der Waals surface area contributed by atoms with Crippen molar-refractivity contribution in [3.05, 3.63) is 96.3 Å². The Kier molecular flexibility index (Phi) is 4.89. The number of fused-ring (bicyclic) bond motifs is 1. The minimum Gasteiger partial charge on any atom is -0.492 e. The molecule has 1 N–H and O–H groups in total. The van der Waals surface area contributed by atoms with E-state index >= 15 is 4.39 Å². The third kappa shape index (κ3) is 4.36. The Bertz CT molecular complexity index is 1800. The topological polar surface area (TPSA) is 94.8 Å². The van der Waals surface area contributed by atoms with Crippen molar-refractivity contribution in [1.29, 1.82) is 0 Å². The summed E-state index contributed by atoms with van der Waals surface area (Å²) in [5.41, 5.74) is 1.62. The molecule has 5 aromatic rings. The zero-order valence-corrected chi connectivity index (χ0v) is 20.0. The molecule has 0 radical (unpaired) electrons. The van der Waals surface area contributed by atoms with Gasteiger partial charge in [0.15, 0.2) is 5.82 Å². The maximum absolute atomic E-state index is 15.1. The highest BCUT2D eigenvalue weighted by Crippen LogP contribution is 2.39. The molecule has 8 nitrogen and oxygen atoms in total. The Labute approximate surface area is 225 Å². The highest BCUT2D eigenvalue weighted by Gasteiger charge is 2.36. The molecule has 3 aromatic heterocycles. The van der Waals surface area contributed by atoms with Crippen LogP contribution in [0.1, 0.15) is 48.6 Å². The molecule has 0 saturated heterocycles. The van der Waals surface area contributed by atoms with E-state index in [1.165, 1.54) is 24.4 Å². The summed E-state index contributed by atoms with van der Waals surface area (Å²) < 4.78 is 59.0. The van der Waals surface area contributed by atoms with Crippen molar-refractivity contribution in [2.45, 2.75) is 31.7 Å². The van der Waals surface area contributed by atoms with Gasteiger partial charge in [-0.15, -0.1) is 10.2 Å². The number of para-hydroxylation sites is 2. The number of ether oxygens (including phenoxy) is 1. The molecule has 1 aliphatic rings. The van der Waals surface area contributed by atoms with E-state index in [1.54, 1.807) is 35.0 Å². The monoisotopic (exact) mass is 513 g/mol. The van der Waals surface area contributed by atoms with Crippen molar-refractivity contribution < 1.29 is 20.8 Å². The number of carbonyl (C=O) groups excluding carboxylic acids is 1. The van der Waals surface area contributed by atoms with Gasteiger partial charge in [0, 0.05) is 27.7 Å². The third-order valence-corrected chi connectivity index (χ3v) is 6.63. The predicted octanol–water partition coefficient (Wildman–Crippen LogP) is 5.09. The van der Waals surface area contributed by atoms with Crippen LogP contribution in [-0.4, -0.2) is 43.2 Å². The van der Waals surface area contributed by atoms with Gasteiger partial charge in [-0.2, -0.15) is 0 Å². The van der Waals surface area contributed by atoms with Crippen LogP contribution >= 0.6 is 0 Å². The molecule has 6 rings (SSSR count). The van der Waals surface area contributed by atoms with Gasteiger partial charge >= 0.3 is 0 Å². The van der Waals surface area contributed by atoms with E-state index in [0.717, 1.165) is 5.39 Å². The predicted molar refractivity (Wildman–Crippen MR) is 141 cm³/mol. The number of nitrogens with one attached hydrogen (secondary N) is 1. The molecule has 0 aliphatic heterocycles. The zero-order chi connectivity index (χ0) is 30.4. The second-order valence-electron chi connectivity index (χ2n) is 8.97. The fourth-order valence-electron chi connectivity index (χ4n) is 4.73. The van der Waals surface area contributed by atoms with Gasteiger partial charge in [0.2, 0.25) is 0 Å². The minimum atomic E-state index is -3.00. The number of carbonyl (C=O) groups is 1. The summed E-state index contributed by atoms with van der Waals surface area (Å²) in [6, 6.07) is 18.1.